The van der Waals surface area contributed by atoms with E-state index >= 15 is 0 Å². The van der Waals surface area contributed by atoms with Crippen molar-refractivity contribution in [1.82, 2.24) is 0 Å². The molecule has 1 atom stereocenters. The Balaban J connectivity index is 3.58. The lowest BCUT2D eigenvalue weighted by Crippen LogP contribution is -2.14. The lowest BCUT2D eigenvalue weighted by atomic mass is 10.3. The highest BCUT2D eigenvalue weighted by Crippen LogP contribution is 1.96. The molecule has 0 aromatic heterocycles. The highest BCUT2D eigenvalue weighted by Gasteiger charge is 2.05. The number of aliphatic imine (C=N–C) groups is 1. The minimum Gasteiger partial charge on any atom is -0.459 e. The van der Waals surface area contributed by atoms with Crippen LogP contribution in [-0.2, 0) is 14.3 Å². The number of hydrogen-bond donors (Lipinski definition) is 0. The first-order chi connectivity index (χ1) is 5.70. The van der Waals surface area contributed by atoms with Gasteiger partial charge in [0.2, 0.25) is 6.08 Å². The highest BCUT2D eigenvalue weighted by atomic mass is 16.5. The fraction of sp³-hybridized carbons (Fsp3) is 0.375. The summed E-state index contributed by atoms with van der Waals surface area (Å²) in [5.74, 6) is -0.492. The van der Waals surface area contributed by atoms with Crippen LogP contribution >= 0.6 is 0 Å². The van der Waals surface area contributed by atoms with E-state index in [0.29, 0.717) is 0 Å². The summed E-state index contributed by atoms with van der Waals surface area (Å²) in [5.41, 5.74) is 0. The molecule has 4 nitrogen and oxygen atoms in total. The number of hydrogen-bond acceptors (Lipinski definition) is 4. The number of esters is 1. The van der Waals surface area contributed by atoms with Crippen molar-refractivity contribution in [3.63, 3.8) is 0 Å². The number of carbonyl (C=O) groups is 1. The maximum absolute atomic E-state index is 10.6. The Labute approximate surface area is 70.9 Å². The van der Waals surface area contributed by atoms with Gasteiger partial charge in [-0.25, -0.2) is 14.6 Å². The highest BCUT2D eigenvalue weighted by molar-refractivity contribution is 5.81. The summed E-state index contributed by atoms with van der Waals surface area (Å²) in [5, 5.41) is 0. The summed E-state index contributed by atoms with van der Waals surface area (Å²) in [4.78, 5) is 23.5. The Morgan fingerprint density at radius 1 is 1.83 bits per heavy atom. The summed E-state index contributed by atoms with van der Waals surface area (Å²) >= 11 is 0. The fourth-order valence-electron chi connectivity index (χ4n) is 0.518. The molecule has 0 spiro atoms. The predicted molar refractivity (Wildman–Crippen MR) is 43.0 cm³/mol. The maximum atomic E-state index is 10.6. The standard InChI is InChI=1S/C8H10NO3/c1-3-8(11)12-7(2)4-5-9-6-10/h3-4,7H,1,5H2,2H3. The second-order valence-corrected chi connectivity index (χ2v) is 2.01. The van der Waals surface area contributed by atoms with E-state index in [-0.39, 0.29) is 12.6 Å². The molecule has 65 valence electrons. The van der Waals surface area contributed by atoms with Crippen molar-refractivity contribution < 1.29 is 14.3 Å². The average molecular weight is 168 g/mol. The number of isocyanates is 1. The van der Waals surface area contributed by atoms with Gasteiger partial charge in [0.05, 0.1) is 6.54 Å². The lowest BCUT2D eigenvalue weighted by molar-refractivity contribution is -0.140. The second kappa shape index (κ2) is 6.31. The zero-order chi connectivity index (χ0) is 9.40. The van der Waals surface area contributed by atoms with Gasteiger partial charge in [0.15, 0.2) is 0 Å². The van der Waals surface area contributed by atoms with Crippen LogP contribution in [0, 0.1) is 6.42 Å². The normalized spacial score (nSPS) is 11.1. The minimum absolute atomic E-state index is 0.203. The van der Waals surface area contributed by atoms with Crippen LogP contribution in [-0.4, -0.2) is 24.7 Å². The van der Waals surface area contributed by atoms with Crippen LogP contribution in [0.2, 0.25) is 0 Å². The number of rotatable bonds is 5. The molecule has 0 amide bonds. The summed E-state index contributed by atoms with van der Waals surface area (Å²) in [6, 6.07) is 0. The van der Waals surface area contributed by atoms with Gasteiger partial charge in [-0.1, -0.05) is 6.58 Å². The summed E-state index contributed by atoms with van der Waals surface area (Å²) < 4.78 is 4.74. The molecular formula is C8H10NO3. The van der Waals surface area contributed by atoms with Crippen LogP contribution in [0.15, 0.2) is 17.6 Å². The molecule has 12 heavy (non-hydrogen) atoms. The zero-order valence-electron chi connectivity index (χ0n) is 6.82. The molecule has 0 heterocycles. The topological polar surface area (TPSA) is 55.7 Å². The molecule has 0 saturated heterocycles. The Morgan fingerprint density at radius 3 is 3.00 bits per heavy atom. The largest absolute Gasteiger partial charge is 0.459 e. The van der Waals surface area contributed by atoms with Crippen LogP contribution < -0.4 is 0 Å². The van der Waals surface area contributed by atoms with E-state index in [4.69, 9.17) is 4.74 Å². The van der Waals surface area contributed by atoms with Crippen molar-refractivity contribution >= 4 is 12.0 Å². The SMILES string of the molecule is C=CC(=O)OC(C)[CH]CN=C=O. The molecule has 1 radical (unpaired) electrons. The van der Waals surface area contributed by atoms with E-state index < -0.39 is 5.97 Å². The van der Waals surface area contributed by atoms with E-state index in [0.717, 1.165) is 6.08 Å². The molecule has 0 aliphatic carbocycles. The zero-order valence-corrected chi connectivity index (χ0v) is 6.82. The van der Waals surface area contributed by atoms with Crippen molar-refractivity contribution in [2.75, 3.05) is 6.54 Å². The van der Waals surface area contributed by atoms with Crippen molar-refractivity contribution in [3.8, 4) is 0 Å². The molecule has 0 aliphatic heterocycles. The number of nitrogens with zero attached hydrogens (tertiary/aromatic N) is 1. The van der Waals surface area contributed by atoms with Gasteiger partial charge in [-0.05, 0) is 6.92 Å². The van der Waals surface area contributed by atoms with Crippen molar-refractivity contribution in [2.45, 2.75) is 13.0 Å². The van der Waals surface area contributed by atoms with Crippen LogP contribution in [0.5, 0.6) is 0 Å². The number of ether oxygens (including phenoxy) is 1. The quantitative estimate of drug-likeness (QED) is 0.262. The van der Waals surface area contributed by atoms with Crippen LogP contribution in [0.1, 0.15) is 6.92 Å². The molecule has 0 aromatic carbocycles. The van der Waals surface area contributed by atoms with Gasteiger partial charge in [0.1, 0.15) is 6.10 Å². The van der Waals surface area contributed by atoms with Crippen LogP contribution in [0.3, 0.4) is 0 Å². The molecular weight excluding hydrogens is 158 g/mol. The summed E-state index contributed by atoms with van der Waals surface area (Å²) in [6.45, 7) is 5.11. The van der Waals surface area contributed by atoms with Crippen molar-refractivity contribution in [1.29, 1.82) is 0 Å². The van der Waals surface area contributed by atoms with Crippen LogP contribution in [0.4, 0.5) is 0 Å². The third-order valence-corrected chi connectivity index (χ3v) is 1.06. The average Bonchev–Trinajstić information content (AvgIpc) is 2.05. The van der Waals surface area contributed by atoms with E-state index in [1.54, 1.807) is 13.3 Å². The summed E-state index contributed by atoms with van der Waals surface area (Å²) in [6.07, 6.45) is 3.66. The van der Waals surface area contributed by atoms with Gasteiger partial charge in [-0.15, -0.1) is 0 Å². The van der Waals surface area contributed by atoms with Gasteiger partial charge >= 0.3 is 5.97 Å². The minimum atomic E-state index is -0.492. The molecule has 0 saturated carbocycles. The molecule has 0 fully saturated rings. The number of carbonyl (C=O) groups excluding carboxylic acids is 2. The van der Waals surface area contributed by atoms with Crippen molar-refractivity contribution in [2.24, 2.45) is 4.99 Å². The van der Waals surface area contributed by atoms with E-state index in [9.17, 15) is 9.59 Å². The van der Waals surface area contributed by atoms with Gasteiger partial charge in [0, 0.05) is 12.5 Å². The van der Waals surface area contributed by atoms with E-state index in [1.165, 1.54) is 6.08 Å². The molecule has 4 heteroatoms. The first-order valence-electron chi connectivity index (χ1n) is 3.40. The van der Waals surface area contributed by atoms with Gasteiger partial charge in [0.25, 0.3) is 0 Å². The van der Waals surface area contributed by atoms with E-state index in [2.05, 4.69) is 11.6 Å². The first kappa shape index (κ1) is 10.6. The van der Waals surface area contributed by atoms with Gasteiger partial charge in [-0.2, -0.15) is 0 Å². The molecule has 0 N–H and O–H groups in total. The monoisotopic (exact) mass is 168 g/mol. The second-order valence-electron chi connectivity index (χ2n) is 2.01. The van der Waals surface area contributed by atoms with Crippen molar-refractivity contribution in [3.05, 3.63) is 19.1 Å². The maximum Gasteiger partial charge on any atom is 0.330 e. The summed E-state index contributed by atoms with van der Waals surface area (Å²) in [7, 11) is 0. The Bertz CT molecular complexity index is 206. The van der Waals surface area contributed by atoms with Gasteiger partial charge < -0.3 is 4.74 Å². The first-order valence-corrected chi connectivity index (χ1v) is 3.40. The predicted octanol–water partition coefficient (Wildman–Crippen LogP) is 0.644. The van der Waals surface area contributed by atoms with Gasteiger partial charge in [-0.3, -0.25) is 0 Å². The molecule has 1 unspecified atom stereocenters. The van der Waals surface area contributed by atoms with Crippen LogP contribution in [0.25, 0.3) is 0 Å². The van der Waals surface area contributed by atoms with E-state index in [1.807, 2.05) is 0 Å². The Kier molecular flexibility index (Phi) is 5.57. The lowest BCUT2D eigenvalue weighted by Gasteiger charge is -2.08. The Hall–Kier alpha value is -1.41. The third kappa shape index (κ3) is 5.38. The fourth-order valence-corrected chi connectivity index (χ4v) is 0.518. The third-order valence-electron chi connectivity index (χ3n) is 1.06. The smallest absolute Gasteiger partial charge is 0.330 e. The molecule has 0 bridgehead atoms. The molecule has 0 aliphatic rings. The Morgan fingerprint density at radius 2 is 2.50 bits per heavy atom. The molecule has 0 rings (SSSR count). The molecule has 0 aromatic rings.